The van der Waals surface area contributed by atoms with Crippen LogP contribution in [0.2, 0.25) is 5.02 Å². The second-order valence-corrected chi connectivity index (χ2v) is 6.86. The molecule has 0 saturated carbocycles. The first kappa shape index (κ1) is 22.5. The van der Waals surface area contributed by atoms with Crippen LogP contribution in [0.15, 0.2) is 47.6 Å². The zero-order valence-corrected chi connectivity index (χ0v) is 19.3. The smallest absolute Gasteiger partial charge is 0.218 e. The number of aromatic nitrogens is 1. The molecule has 1 saturated heterocycles. The van der Waals surface area contributed by atoms with Crippen LogP contribution in [0.25, 0.3) is 0 Å². The summed E-state index contributed by atoms with van der Waals surface area (Å²) in [5, 5.41) is 7.63. The Bertz CT molecular complexity index is 789. The van der Waals surface area contributed by atoms with Gasteiger partial charge in [-0.3, -0.25) is 0 Å². The third kappa shape index (κ3) is 6.13. The van der Waals surface area contributed by atoms with Gasteiger partial charge in [-0.1, -0.05) is 23.7 Å². The van der Waals surface area contributed by atoms with E-state index in [0.29, 0.717) is 18.5 Å². The molecule has 1 aromatic carbocycles. The van der Waals surface area contributed by atoms with Crippen molar-refractivity contribution in [1.82, 2.24) is 15.6 Å². The molecule has 0 amide bonds. The number of methoxy groups -OCH3 is 1. The number of benzene rings is 1. The van der Waals surface area contributed by atoms with Crippen LogP contribution in [0, 0.1) is 0 Å². The molecule has 0 bridgehead atoms. The Hall–Kier alpha value is -1.74. The number of hydrogen-bond acceptors (Lipinski definition) is 4. The Morgan fingerprint density at radius 2 is 2.21 bits per heavy atom. The largest absolute Gasteiger partial charge is 0.481 e. The molecule has 2 N–H and O–H groups in total. The van der Waals surface area contributed by atoms with Gasteiger partial charge in [-0.2, -0.15) is 0 Å². The Morgan fingerprint density at radius 1 is 1.36 bits per heavy atom. The number of guanidine groups is 1. The van der Waals surface area contributed by atoms with Gasteiger partial charge in [-0.15, -0.1) is 24.0 Å². The van der Waals surface area contributed by atoms with Crippen molar-refractivity contribution >= 4 is 47.2 Å². The summed E-state index contributed by atoms with van der Waals surface area (Å²) in [5.41, 5.74) is 2.12. The fraction of sp³-hybridized carbons (Fsp3) is 0.400. The molecule has 1 fully saturated rings. The summed E-state index contributed by atoms with van der Waals surface area (Å²) < 4.78 is 5.31. The highest BCUT2D eigenvalue weighted by atomic mass is 127. The average Bonchev–Trinajstić information content (AvgIpc) is 3.15. The molecule has 0 radical (unpaired) electrons. The number of nitrogens with zero attached hydrogens (tertiary/aromatic N) is 3. The number of ether oxygens (including phenoxy) is 1. The number of anilines is 1. The molecule has 2 aromatic rings. The summed E-state index contributed by atoms with van der Waals surface area (Å²) in [6.45, 7) is 5.29. The molecule has 8 heteroatoms. The SMILES string of the molecule is CCNC(=NCc1cccnc1OC)NC1CCN(c2cccc(Cl)c2)C1.I. The zero-order chi connectivity index (χ0) is 19.1. The van der Waals surface area contributed by atoms with Gasteiger partial charge in [0.25, 0.3) is 0 Å². The van der Waals surface area contributed by atoms with E-state index in [2.05, 4.69) is 33.5 Å². The monoisotopic (exact) mass is 515 g/mol. The number of rotatable bonds is 6. The fourth-order valence-corrected chi connectivity index (χ4v) is 3.38. The summed E-state index contributed by atoms with van der Waals surface area (Å²) in [4.78, 5) is 11.3. The van der Waals surface area contributed by atoms with E-state index in [1.54, 1.807) is 13.3 Å². The maximum absolute atomic E-state index is 6.12. The first-order valence-corrected chi connectivity index (χ1v) is 9.60. The third-order valence-corrected chi connectivity index (χ3v) is 4.73. The Labute approximate surface area is 188 Å². The molecule has 1 aliphatic rings. The molecule has 1 unspecified atom stereocenters. The van der Waals surface area contributed by atoms with E-state index < -0.39 is 0 Å². The van der Waals surface area contributed by atoms with Crippen LogP contribution in [0.5, 0.6) is 5.88 Å². The van der Waals surface area contributed by atoms with E-state index in [9.17, 15) is 0 Å². The summed E-state index contributed by atoms with van der Waals surface area (Å²) in [6.07, 6.45) is 2.77. The van der Waals surface area contributed by atoms with Crippen molar-refractivity contribution in [2.45, 2.75) is 25.9 Å². The Kier molecular flexibility index (Phi) is 9.11. The molecule has 28 heavy (non-hydrogen) atoms. The van der Waals surface area contributed by atoms with Crippen molar-refractivity contribution in [3.63, 3.8) is 0 Å². The lowest BCUT2D eigenvalue weighted by Crippen LogP contribution is -2.44. The number of pyridine rings is 1. The van der Waals surface area contributed by atoms with E-state index >= 15 is 0 Å². The molecule has 0 aliphatic carbocycles. The van der Waals surface area contributed by atoms with Gasteiger partial charge in [0.2, 0.25) is 5.88 Å². The minimum Gasteiger partial charge on any atom is -0.481 e. The summed E-state index contributed by atoms with van der Waals surface area (Å²) in [7, 11) is 1.63. The first-order chi connectivity index (χ1) is 13.2. The predicted molar refractivity (Wildman–Crippen MR) is 126 cm³/mol. The van der Waals surface area contributed by atoms with Gasteiger partial charge >= 0.3 is 0 Å². The summed E-state index contributed by atoms with van der Waals surface area (Å²) in [6, 6.07) is 12.2. The first-order valence-electron chi connectivity index (χ1n) is 9.23. The minimum absolute atomic E-state index is 0. The van der Waals surface area contributed by atoms with Crippen LogP contribution in [-0.4, -0.2) is 43.7 Å². The highest BCUT2D eigenvalue weighted by molar-refractivity contribution is 14.0. The van der Waals surface area contributed by atoms with Crippen molar-refractivity contribution in [2.24, 2.45) is 4.99 Å². The molecular weight excluding hydrogens is 489 g/mol. The fourth-order valence-electron chi connectivity index (χ4n) is 3.19. The van der Waals surface area contributed by atoms with Crippen molar-refractivity contribution in [2.75, 3.05) is 31.6 Å². The van der Waals surface area contributed by atoms with E-state index in [-0.39, 0.29) is 24.0 Å². The van der Waals surface area contributed by atoms with Crippen LogP contribution in [0.3, 0.4) is 0 Å². The highest BCUT2D eigenvalue weighted by Gasteiger charge is 2.23. The minimum atomic E-state index is 0. The van der Waals surface area contributed by atoms with E-state index in [1.807, 2.05) is 30.3 Å². The van der Waals surface area contributed by atoms with E-state index in [1.165, 1.54) is 0 Å². The lowest BCUT2D eigenvalue weighted by Gasteiger charge is -2.20. The van der Waals surface area contributed by atoms with E-state index in [4.69, 9.17) is 21.3 Å². The number of aliphatic imine (C=N–C) groups is 1. The highest BCUT2D eigenvalue weighted by Crippen LogP contribution is 2.23. The number of halogens is 2. The van der Waals surface area contributed by atoms with Crippen LogP contribution < -0.4 is 20.3 Å². The molecule has 1 aliphatic heterocycles. The Balaban J connectivity index is 0.00000280. The molecule has 1 atom stereocenters. The molecule has 2 heterocycles. The normalized spacial score (nSPS) is 16.5. The zero-order valence-electron chi connectivity index (χ0n) is 16.2. The van der Waals surface area contributed by atoms with Gasteiger partial charge < -0.3 is 20.3 Å². The molecular formula is C20H27ClIN5O. The topological polar surface area (TPSA) is 61.8 Å². The molecule has 3 rings (SSSR count). The number of nitrogens with one attached hydrogen (secondary N) is 2. The standard InChI is InChI=1S/C20H26ClN5O.HI/c1-3-22-20(24-13-15-6-5-10-23-19(15)27-2)25-17-9-11-26(14-17)18-8-4-7-16(21)12-18;/h4-8,10,12,17H,3,9,11,13-14H2,1-2H3,(H2,22,24,25);1H. The molecule has 6 nitrogen and oxygen atoms in total. The van der Waals surface area contributed by atoms with Crippen LogP contribution in [-0.2, 0) is 6.54 Å². The molecule has 152 valence electrons. The summed E-state index contributed by atoms with van der Waals surface area (Å²) in [5.74, 6) is 1.42. The lowest BCUT2D eigenvalue weighted by molar-refractivity contribution is 0.392. The van der Waals surface area contributed by atoms with Crippen LogP contribution >= 0.6 is 35.6 Å². The van der Waals surface area contributed by atoms with E-state index in [0.717, 1.165) is 48.3 Å². The van der Waals surface area contributed by atoms with Crippen LogP contribution in [0.1, 0.15) is 18.9 Å². The van der Waals surface area contributed by atoms with Gasteiger partial charge in [-0.05, 0) is 37.6 Å². The maximum Gasteiger partial charge on any atom is 0.218 e. The van der Waals surface area contributed by atoms with Crippen molar-refractivity contribution in [1.29, 1.82) is 0 Å². The maximum atomic E-state index is 6.12. The molecule has 0 spiro atoms. The number of hydrogen-bond donors (Lipinski definition) is 2. The summed E-state index contributed by atoms with van der Waals surface area (Å²) >= 11 is 6.12. The van der Waals surface area contributed by atoms with Gasteiger partial charge in [0.15, 0.2) is 5.96 Å². The van der Waals surface area contributed by atoms with Crippen molar-refractivity contribution in [3.05, 3.63) is 53.2 Å². The third-order valence-electron chi connectivity index (χ3n) is 4.50. The van der Waals surface area contributed by atoms with Crippen molar-refractivity contribution < 1.29 is 4.74 Å². The second-order valence-electron chi connectivity index (χ2n) is 6.42. The van der Waals surface area contributed by atoms with Gasteiger partial charge in [0, 0.05) is 48.1 Å². The van der Waals surface area contributed by atoms with Gasteiger partial charge in [-0.25, -0.2) is 9.98 Å². The molecule has 1 aromatic heterocycles. The average molecular weight is 516 g/mol. The lowest BCUT2D eigenvalue weighted by atomic mass is 10.2. The van der Waals surface area contributed by atoms with Crippen molar-refractivity contribution in [3.8, 4) is 5.88 Å². The van der Waals surface area contributed by atoms with Crippen LogP contribution in [0.4, 0.5) is 5.69 Å². The van der Waals surface area contributed by atoms with Gasteiger partial charge in [0.05, 0.1) is 13.7 Å². The Morgan fingerprint density at radius 3 is 2.96 bits per heavy atom. The second kappa shape index (κ2) is 11.3. The quantitative estimate of drug-likeness (QED) is 0.349. The predicted octanol–water partition coefficient (Wildman–Crippen LogP) is 3.70. The van der Waals surface area contributed by atoms with Gasteiger partial charge in [0.1, 0.15) is 0 Å².